The third-order valence-electron chi connectivity index (χ3n) is 10.3. The first-order valence-corrected chi connectivity index (χ1v) is 26.6. The van der Waals surface area contributed by atoms with Crippen molar-refractivity contribution in [1.29, 1.82) is 0 Å². The molecule has 1 N–H and O–H groups in total. The number of carbonyl (C=O) groups excluding carboxylic acids is 2. The predicted octanol–water partition coefficient (Wildman–Crippen LogP) is 15.4. The van der Waals surface area contributed by atoms with Crippen molar-refractivity contribution in [3.05, 3.63) is 158 Å². The van der Waals surface area contributed by atoms with E-state index in [2.05, 4.69) is 172 Å². The van der Waals surface area contributed by atoms with Crippen molar-refractivity contribution in [3.63, 3.8) is 0 Å². The van der Waals surface area contributed by atoms with Crippen molar-refractivity contribution in [1.82, 2.24) is 0 Å². The zero-order valence-corrected chi connectivity index (χ0v) is 44.8. The molecule has 0 heterocycles. The fraction of sp³-hybridized carbons (Fsp3) is 0.532. The van der Waals surface area contributed by atoms with Crippen LogP contribution in [0.2, 0.25) is 0 Å². The Hall–Kier alpha value is -5.09. The topological polar surface area (TPSA) is 108 Å². The van der Waals surface area contributed by atoms with Crippen LogP contribution in [0.15, 0.2) is 158 Å². The maximum atomic E-state index is 12.8. The van der Waals surface area contributed by atoms with Gasteiger partial charge in [0, 0.05) is 12.8 Å². The summed E-state index contributed by atoms with van der Waals surface area (Å²) in [4.78, 5) is 37.3. The van der Waals surface area contributed by atoms with Crippen molar-refractivity contribution >= 4 is 17.9 Å². The minimum absolute atomic E-state index is 0.163. The van der Waals surface area contributed by atoms with Crippen molar-refractivity contribution in [2.45, 2.75) is 167 Å². The average molecular weight is 983 g/mol. The van der Waals surface area contributed by atoms with Gasteiger partial charge < -0.3 is 28.5 Å². The van der Waals surface area contributed by atoms with Crippen LogP contribution in [0.25, 0.3) is 0 Å². The Morgan fingerprint density at radius 1 is 0.423 bits per heavy atom. The number of ether oxygens (including phenoxy) is 4. The Labute approximate surface area is 432 Å². The Bertz CT molecular complexity index is 1710. The van der Waals surface area contributed by atoms with E-state index in [0.29, 0.717) is 23.9 Å². The number of unbranched alkanes of at least 4 members (excludes halogenated alkanes) is 5. The molecule has 0 amide bonds. The van der Waals surface area contributed by atoms with E-state index in [1.54, 1.807) is 0 Å². The van der Waals surface area contributed by atoms with E-state index in [0.717, 1.165) is 116 Å². The van der Waals surface area contributed by atoms with E-state index in [1.165, 1.54) is 0 Å². The number of nitrogens with zero attached hydrogens (tertiary/aromatic N) is 1. The summed E-state index contributed by atoms with van der Waals surface area (Å²) in [7, 11) is 5.92. The SMILES string of the molecule is CC/C=C\C/C=C\C/C=C\C/C=C\C/C=C\C/C=C\C/C=C\C/C=C\CCCCCCC(=O)OC(COC(=O)CCC/C=C\C/C=C\C/C=C\C/C=C\C/C=C\CC)COC(OCC[N+](C)(C)C)C(=O)O. The number of likely N-dealkylation sites (N-methyl/N-ethyl adjacent to an activating group) is 1. The minimum atomic E-state index is -1.54. The number of quaternary nitrogens is 1. The second kappa shape index (κ2) is 51.3. The molecule has 0 bridgehead atoms. The van der Waals surface area contributed by atoms with E-state index in [9.17, 15) is 19.5 Å². The molecular weight excluding hydrogens is 887 g/mol. The lowest BCUT2D eigenvalue weighted by atomic mass is 10.1. The highest BCUT2D eigenvalue weighted by Crippen LogP contribution is 2.11. The number of carbonyl (C=O) groups is 3. The van der Waals surface area contributed by atoms with Crippen LogP contribution in [0.5, 0.6) is 0 Å². The maximum absolute atomic E-state index is 12.8. The molecule has 0 aromatic carbocycles. The van der Waals surface area contributed by atoms with Gasteiger partial charge in [0.1, 0.15) is 13.2 Å². The van der Waals surface area contributed by atoms with Gasteiger partial charge in [-0.3, -0.25) is 9.59 Å². The van der Waals surface area contributed by atoms with Crippen LogP contribution in [-0.4, -0.2) is 87.4 Å². The van der Waals surface area contributed by atoms with Crippen molar-refractivity contribution < 1.29 is 42.9 Å². The van der Waals surface area contributed by atoms with Crippen molar-refractivity contribution in [3.8, 4) is 0 Å². The average Bonchev–Trinajstić information content (AvgIpc) is 3.34. The molecule has 71 heavy (non-hydrogen) atoms. The molecule has 396 valence electrons. The number of carboxylic acid groups (broad SMARTS) is 1. The zero-order valence-electron chi connectivity index (χ0n) is 44.8. The molecule has 0 saturated carbocycles. The summed E-state index contributed by atoms with van der Waals surface area (Å²) >= 11 is 0. The van der Waals surface area contributed by atoms with Gasteiger partial charge in [-0.25, -0.2) is 4.79 Å². The largest absolute Gasteiger partial charge is 0.477 e. The number of aliphatic carboxylic acids is 1. The number of allylic oxidation sites excluding steroid dienone is 26. The van der Waals surface area contributed by atoms with E-state index in [4.69, 9.17) is 18.9 Å². The second-order valence-electron chi connectivity index (χ2n) is 18.1. The molecule has 0 aromatic heterocycles. The molecule has 9 heteroatoms. The first kappa shape index (κ1) is 65.9. The van der Waals surface area contributed by atoms with Gasteiger partial charge in [0.2, 0.25) is 0 Å². The smallest absolute Gasteiger partial charge is 0.361 e. The lowest BCUT2D eigenvalue weighted by Crippen LogP contribution is -2.40. The first-order valence-electron chi connectivity index (χ1n) is 26.6. The van der Waals surface area contributed by atoms with Crippen molar-refractivity contribution in [2.75, 3.05) is 47.5 Å². The Kier molecular flexibility index (Phi) is 47.6. The monoisotopic (exact) mass is 983 g/mol. The number of carboxylic acids is 1. The molecule has 0 fully saturated rings. The summed E-state index contributed by atoms with van der Waals surface area (Å²) in [5, 5.41) is 9.68. The highest BCUT2D eigenvalue weighted by Gasteiger charge is 2.25. The van der Waals surface area contributed by atoms with Crippen molar-refractivity contribution in [2.24, 2.45) is 0 Å². The first-order chi connectivity index (χ1) is 34.6. The molecule has 9 nitrogen and oxygen atoms in total. The number of esters is 2. The highest BCUT2D eigenvalue weighted by atomic mass is 16.7. The summed E-state index contributed by atoms with van der Waals surface area (Å²) in [5.41, 5.74) is 0. The lowest BCUT2D eigenvalue weighted by molar-refractivity contribution is -0.870. The van der Waals surface area contributed by atoms with Crippen LogP contribution < -0.4 is 0 Å². The Morgan fingerprint density at radius 3 is 1.15 bits per heavy atom. The van der Waals surface area contributed by atoms with Gasteiger partial charge in [0.15, 0.2) is 6.10 Å². The van der Waals surface area contributed by atoms with Gasteiger partial charge in [-0.1, -0.05) is 185 Å². The lowest BCUT2D eigenvalue weighted by Gasteiger charge is -2.25. The van der Waals surface area contributed by atoms with Crippen LogP contribution in [0.1, 0.15) is 155 Å². The van der Waals surface area contributed by atoms with Crippen LogP contribution >= 0.6 is 0 Å². The summed E-state index contributed by atoms with van der Waals surface area (Å²) in [6, 6.07) is 0. The number of hydrogen-bond acceptors (Lipinski definition) is 7. The summed E-state index contributed by atoms with van der Waals surface area (Å²) < 4.78 is 22.7. The summed E-state index contributed by atoms with van der Waals surface area (Å²) in [6.07, 6.45) is 73.2. The number of rotatable bonds is 46. The normalized spacial score (nSPS) is 14.1. The molecule has 2 unspecified atom stereocenters. The standard InChI is InChI=1S/C62H95NO8/c1-6-8-10-12-14-16-18-20-22-24-25-26-27-28-29-30-31-32-33-34-35-37-39-41-43-45-47-49-51-53-60(65)71-58(57-70-62(61(66)67)68-55-54-63(3,4)5)56-69-59(64)52-50-48-46-44-42-40-38-36-23-21-19-17-15-13-11-9-7-2/h8-11,14-17,20-23,25-26,28-29,31-32,34-35,38-41,44,46,58,62H,6-7,12-13,18-19,24,27,30,33,36-37,42-43,45,47-57H2,1-5H3/p+1/b10-8-,11-9-,16-14-,17-15-,22-20-,23-21-,26-25-,29-28-,32-31-,35-34-,40-38-,41-39-,46-44-. The molecular formula is C62H96NO8+. The zero-order chi connectivity index (χ0) is 52.0. The van der Waals surface area contributed by atoms with E-state index < -0.39 is 30.3 Å². The third kappa shape index (κ3) is 52.6. The Morgan fingerprint density at radius 2 is 0.775 bits per heavy atom. The summed E-state index contributed by atoms with van der Waals surface area (Å²) in [5.74, 6) is -2.15. The minimum Gasteiger partial charge on any atom is -0.477 e. The van der Waals surface area contributed by atoms with Gasteiger partial charge in [-0.15, -0.1) is 0 Å². The van der Waals surface area contributed by atoms with E-state index >= 15 is 0 Å². The van der Waals surface area contributed by atoms with Crippen LogP contribution in [0.4, 0.5) is 0 Å². The van der Waals surface area contributed by atoms with Gasteiger partial charge in [0.05, 0.1) is 34.4 Å². The van der Waals surface area contributed by atoms with E-state index in [-0.39, 0.29) is 32.7 Å². The fourth-order valence-corrected chi connectivity index (χ4v) is 6.24. The van der Waals surface area contributed by atoms with Crippen LogP contribution in [0.3, 0.4) is 0 Å². The number of hydrogen-bond donors (Lipinski definition) is 1. The Balaban J connectivity index is 4.47. The molecule has 0 rings (SSSR count). The predicted molar refractivity (Wildman–Crippen MR) is 299 cm³/mol. The molecule has 0 aliphatic heterocycles. The van der Waals surface area contributed by atoms with Gasteiger partial charge in [-0.05, 0) is 116 Å². The molecule has 0 aliphatic rings. The third-order valence-corrected chi connectivity index (χ3v) is 10.3. The molecule has 0 aliphatic carbocycles. The fourth-order valence-electron chi connectivity index (χ4n) is 6.24. The highest BCUT2D eigenvalue weighted by molar-refractivity contribution is 5.71. The molecule has 0 spiro atoms. The maximum Gasteiger partial charge on any atom is 0.361 e. The molecule has 0 aromatic rings. The summed E-state index contributed by atoms with van der Waals surface area (Å²) in [6.45, 7) is 4.50. The van der Waals surface area contributed by atoms with E-state index in [1.807, 2.05) is 21.1 Å². The quantitative estimate of drug-likeness (QED) is 0.0211. The molecule has 0 radical (unpaired) electrons. The van der Waals surface area contributed by atoms with Gasteiger partial charge in [0.25, 0.3) is 6.29 Å². The van der Waals surface area contributed by atoms with Gasteiger partial charge >= 0.3 is 17.9 Å². The second-order valence-corrected chi connectivity index (χ2v) is 18.1. The van der Waals surface area contributed by atoms with Crippen LogP contribution in [-0.2, 0) is 33.3 Å². The molecule has 2 atom stereocenters. The molecule has 0 saturated heterocycles. The van der Waals surface area contributed by atoms with Gasteiger partial charge in [-0.2, -0.15) is 0 Å². The van der Waals surface area contributed by atoms with Crippen LogP contribution in [0, 0.1) is 0 Å².